The Kier molecular flexibility index (Phi) is 5.74. The maximum atomic E-state index is 13.0. The molecule has 10 nitrogen and oxygen atoms in total. The van der Waals surface area contributed by atoms with Gasteiger partial charge in [0, 0.05) is 43.7 Å². The minimum absolute atomic E-state index is 0.0202. The van der Waals surface area contributed by atoms with Crippen molar-refractivity contribution < 1.29 is 17.9 Å². The van der Waals surface area contributed by atoms with Gasteiger partial charge in [-0.2, -0.15) is 9.29 Å². The average molecular weight is 423 g/mol. The van der Waals surface area contributed by atoms with Crippen LogP contribution in [0.1, 0.15) is 38.0 Å². The first-order valence-corrected chi connectivity index (χ1v) is 10.7. The highest BCUT2D eigenvalue weighted by atomic mass is 32.2. The van der Waals surface area contributed by atoms with E-state index in [1.165, 1.54) is 16.4 Å². The monoisotopic (exact) mass is 423 g/mol. The van der Waals surface area contributed by atoms with Gasteiger partial charge in [-0.05, 0) is 12.5 Å². The molecule has 1 fully saturated rings. The van der Waals surface area contributed by atoms with Gasteiger partial charge in [0.1, 0.15) is 0 Å². The molecule has 2 heterocycles. The van der Waals surface area contributed by atoms with Gasteiger partial charge in [-0.15, -0.1) is 0 Å². The molecule has 1 aromatic heterocycles. The largest absolute Gasteiger partial charge is 0.339 e. The van der Waals surface area contributed by atoms with Gasteiger partial charge in [0.05, 0.1) is 16.4 Å². The van der Waals surface area contributed by atoms with Gasteiger partial charge >= 0.3 is 0 Å². The van der Waals surface area contributed by atoms with E-state index in [9.17, 15) is 18.5 Å². The minimum Gasteiger partial charge on any atom is -0.339 e. The van der Waals surface area contributed by atoms with Crippen LogP contribution in [0.15, 0.2) is 27.6 Å². The summed E-state index contributed by atoms with van der Waals surface area (Å²) in [6.07, 6.45) is 0. The molecule has 0 spiro atoms. The van der Waals surface area contributed by atoms with Crippen LogP contribution < -0.4 is 0 Å². The Labute approximate surface area is 169 Å². The molecular weight excluding hydrogens is 398 g/mol. The molecule has 1 saturated heterocycles. The topological polar surface area (TPSA) is 123 Å². The third kappa shape index (κ3) is 4.62. The van der Waals surface area contributed by atoms with Crippen molar-refractivity contribution in [1.29, 1.82) is 0 Å². The Hall–Kier alpha value is -2.37. The fraction of sp³-hybridized carbons (Fsp3) is 0.556. The fourth-order valence-electron chi connectivity index (χ4n) is 3.07. The van der Waals surface area contributed by atoms with Crippen LogP contribution in [0.4, 0.5) is 5.69 Å². The summed E-state index contributed by atoms with van der Waals surface area (Å²) in [6, 6.07) is 3.90. The van der Waals surface area contributed by atoms with Gasteiger partial charge in [-0.3, -0.25) is 15.0 Å². The molecule has 29 heavy (non-hydrogen) atoms. The van der Waals surface area contributed by atoms with E-state index in [2.05, 4.69) is 15.0 Å². The lowest BCUT2D eigenvalue weighted by atomic mass is 9.97. The fourth-order valence-corrected chi connectivity index (χ4v) is 4.74. The van der Waals surface area contributed by atoms with Gasteiger partial charge in [-0.1, -0.05) is 32.0 Å². The van der Waals surface area contributed by atoms with E-state index in [1.54, 1.807) is 6.92 Å². The van der Waals surface area contributed by atoms with Crippen LogP contribution in [0, 0.1) is 17.0 Å². The summed E-state index contributed by atoms with van der Waals surface area (Å²) in [5, 5.41) is 15.0. The summed E-state index contributed by atoms with van der Waals surface area (Å²) in [5.41, 5.74) is 0.0212. The van der Waals surface area contributed by atoms with Crippen LogP contribution in [0.3, 0.4) is 0 Å². The lowest BCUT2D eigenvalue weighted by Gasteiger charge is -2.33. The van der Waals surface area contributed by atoms with E-state index in [-0.39, 0.29) is 29.1 Å². The second-order valence-electron chi connectivity index (χ2n) is 8.15. The Morgan fingerprint density at radius 1 is 1.21 bits per heavy atom. The first-order valence-electron chi connectivity index (χ1n) is 9.29. The van der Waals surface area contributed by atoms with Crippen LogP contribution in [-0.4, -0.2) is 58.9 Å². The van der Waals surface area contributed by atoms with Gasteiger partial charge in [0.2, 0.25) is 15.9 Å². The molecule has 3 rings (SSSR count). The zero-order valence-electron chi connectivity index (χ0n) is 17.0. The molecular formula is C18H25N5O5S. The summed E-state index contributed by atoms with van der Waals surface area (Å²) in [7, 11) is -3.81. The lowest BCUT2D eigenvalue weighted by molar-refractivity contribution is -0.385. The summed E-state index contributed by atoms with van der Waals surface area (Å²) < 4.78 is 32.7. The highest BCUT2D eigenvalue weighted by Gasteiger charge is 2.31. The molecule has 0 N–H and O–H groups in total. The quantitative estimate of drug-likeness (QED) is 0.529. The molecule has 0 unspecified atom stereocenters. The molecule has 0 saturated carbocycles. The van der Waals surface area contributed by atoms with E-state index >= 15 is 0 Å². The van der Waals surface area contributed by atoms with Crippen molar-refractivity contribution in [2.75, 3.05) is 26.2 Å². The average Bonchev–Trinajstić information content (AvgIpc) is 3.11. The molecule has 2 aromatic rings. The normalized spacial score (nSPS) is 16.8. The van der Waals surface area contributed by atoms with Crippen LogP contribution in [0.2, 0.25) is 0 Å². The van der Waals surface area contributed by atoms with Crippen LogP contribution >= 0.6 is 0 Å². The first kappa shape index (κ1) is 21.3. The van der Waals surface area contributed by atoms with Crippen molar-refractivity contribution in [3.8, 4) is 0 Å². The molecule has 11 heteroatoms. The maximum absolute atomic E-state index is 13.0. The van der Waals surface area contributed by atoms with Crippen molar-refractivity contribution in [3.05, 3.63) is 45.6 Å². The number of sulfonamides is 1. The molecule has 0 bridgehead atoms. The number of nitro groups is 1. The highest BCUT2D eigenvalue weighted by molar-refractivity contribution is 7.89. The summed E-state index contributed by atoms with van der Waals surface area (Å²) in [6.45, 7) is 9.67. The Morgan fingerprint density at radius 3 is 2.41 bits per heavy atom. The molecule has 0 amide bonds. The van der Waals surface area contributed by atoms with E-state index in [0.29, 0.717) is 36.9 Å². The Bertz CT molecular complexity index is 1000. The third-order valence-corrected chi connectivity index (χ3v) is 6.85. The second-order valence-corrected chi connectivity index (χ2v) is 10.1. The predicted molar refractivity (Wildman–Crippen MR) is 105 cm³/mol. The standard InChI is InChI=1S/C18H25N5O5S/c1-13-5-6-14(23(24)25)11-15(13)29(26,27)22-9-7-21(8-10-22)12-16-19-17(28-20-16)18(2,3)4/h5-6,11H,7-10,12H2,1-4H3. The van der Waals surface area contributed by atoms with Crippen molar-refractivity contribution in [3.63, 3.8) is 0 Å². The van der Waals surface area contributed by atoms with Crippen molar-refractivity contribution in [1.82, 2.24) is 19.3 Å². The second kappa shape index (κ2) is 7.81. The number of piperazine rings is 1. The molecule has 1 aliphatic heterocycles. The molecule has 1 aromatic carbocycles. The minimum atomic E-state index is -3.81. The zero-order valence-corrected chi connectivity index (χ0v) is 17.8. The summed E-state index contributed by atoms with van der Waals surface area (Å²) in [5.74, 6) is 1.13. The van der Waals surface area contributed by atoms with E-state index < -0.39 is 14.9 Å². The van der Waals surface area contributed by atoms with Crippen molar-refractivity contribution >= 4 is 15.7 Å². The van der Waals surface area contributed by atoms with E-state index in [1.807, 2.05) is 20.8 Å². The Balaban J connectivity index is 1.68. The third-order valence-electron chi connectivity index (χ3n) is 4.81. The van der Waals surface area contributed by atoms with Gasteiger partial charge in [0.25, 0.3) is 5.69 Å². The molecule has 1 aliphatic rings. The van der Waals surface area contributed by atoms with Gasteiger partial charge < -0.3 is 4.52 Å². The number of hydrogen-bond donors (Lipinski definition) is 0. The predicted octanol–water partition coefficient (Wildman–Crippen LogP) is 2.09. The van der Waals surface area contributed by atoms with Crippen molar-refractivity contribution in [2.45, 2.75) is 44.6 Å². The van der Waals surface area contributed by atoms with E-state index in [0.717, 1.165) is 6.07 Å². The smallest absolute Gasteiger partial charge is 0.270 e. The summed E-state index contributed by atoms with van der Waals surface area (Å²) in [4.78, 5) is 16.9. The highest BCUT2D eigenvalue weighted by Crippen LogP contribution is 2.26. The number of aryl methyl sites for hydroxylation is 1. The number of hydrogen-bond acceptors (Lipinski definition) is 8. The van der Waals surface area contributed by atoms with Gasteiger partial charge in [0.15, 0.2) is 5.82 Å². The molecule has 158 valence electrons. The SMILES string of the molecule is Cc1ccc([N+](=O)[O-])cc1S(=O)(=O)N1CCN(Cc2noc(C(C)(C)C)n2)CC1. The van der Waals surface area contributed by atoms with Crippen LogP contribution in [-0.2, 0) is 22.0 Å². The van der Waals surface area contributed by atoms with Crippen molar-refractivity contribution in [2.24, 2.45) is 0 Å². The number of aromatic nitrogens is 2. The number of non-ortho nitro benzene ring substituents is 1. The number of nitrogens with zero attached hydrogens (tertiary/aromatic N) is 5. The van der Waals surface area contributed by atoms with E-state index in [4.69, 9.17) is 4.52 Å². The summed E-state index contributed by atoms with van der Waals surface area (Å²) >= 11 is 0. The van der Waals surface area contributed by atoms with Gasteiger partial charge in [-0.25, -0.2) is 8.42 Å². The number of rotatable bonds is 5. The molecule has 0 radical (unpaired) electrons. The zero-order chi connectivity index (χ0) is 21.4. The number of nitro benzene ring substituents is 1. The lowest BCUT2D eigenvalue weighted by Crippen LogP contribution is -2.48. The first-order chi connectivity index (χ1) is 13.5. The molecule has 0 aliphatic carbocycles. The Morgan fingerprint density at radius 2 is 1.86 bits per heavy atom. The number of benzene rings is 1. The van der Waals surface area contributed by atoms with Crippen LogP contribution in [0.5, 0.6) is 0 Å². The molecule has 0 atom stereocenters. The van der Waals surface area contributed by atoms with Crippen LogP contribution in [0.25, 0.3) is 0 Å². The maximum Gasteiger partial charge on any atom is 0.270 e.